The van der Waals surface area contributed by atoms with Gasteiger partial charge in [-0.15, -0.1) is 5.53 Å². The van der Waals surface area contributed by atoms with Crippen LogP contribution >= 0.6 is 0 Å². The lowest BCUT2D eigenvalue weighted by molar-refractivity contribution is -0.556. The molecule has 0 atom stereocenters. The molecule has 2 aromatic carbocycles. The lowest BCUT2D eigenvalue weighted by atomic mass is 10.0. The van der Waals surface area contributed by atoms with E-state index >= 15 is 0 Å². The van der Waals surface area contributed by atoms with Gasteiger partial charge in [0.25, 0.3) is 0 Å². The minimum absolute atomic E-state index is 0.732. The smallest absolute Gasteiger partial charge is 0.196 e. The van der Waals surface area contributed by atoms with Crippen LogP contribution in [0.15, 0.2) is 77.9 Å². The molecule has 5 heteroatoms. The Labute approximate surface area is 147 Å². The fourth-order valence-corrected chi connectivity index (χ4v) is 3.08. The average molecular weight is 330 g/mol. The molecular weight excluding hydrogens is 310 g/mol. The predicted molar refractivity (Wildman–Crippen MR) is 99.1 cm³/mol. The highest BCUT2D eigenvalue weighted by Gasteiger charge is 2.25. The summed E-state index contributed by atoms with van der Waals surface area (Å²) in [5.74, 6) is 0.732. The molecule has 0 unspecified atom stereocenters. The number of pyridine rings is 1. The van der Waals surface area contributed by atoms with E-state index in [4.69, 9.17) is 0 Å². The van der Waals surface area contributed by atoms with Crippen molar-refractivity contribution < 1.29 is 4.57 Å². The van der Waals surface area contributed by atoms with Crippen molar-refractivity contribution in [1.29, 1.82) is 0 Å². The summed E-state index contributed by atoms with van der Waals surface area (Å²) in [5.41, 5.74) is 14.5. The summed E-state index contributed by atoms with van der Waals surface area (Å²) >= 11 is 0. The fourth-order valence-electron chi connectivity index (χ4n) is 3.08. The Balaban J connectivity index is 1.97. The third-order valence-corrected chi connectivity index (χ3v) is 4.29. The van der Waals surface area contributed by atoms with Crippen LogP contribution in [-0.4, -0.2) is 5.96 Å². The van der Waals surface area contributed by atoms with Gasteiger partial charge in [-0.2, -0.15) is 9.99 Å². The van der Waals surface area contributed by atoms with Crippen molar-refractivity contribution in [3.05, 3.63) is 78.5 Å². The van der Waals surface area contributed by atoms with Gasteiger partial charge in [0.2, 0.25) is 0 Å². The van der Waals surface area contributed by atoms with Crippen molar-refractivity contribution in [2.75, 3.05) is 0 Å². The van der Waals surface area contributed by atoms with Crippen molar-refractivity contribution in [2.24, 2.45) is 5.10 Å². The van der Waals surface area contributed by atoms with Gasteiger partial charge in [0.05, 0.1) is 5.69 Å². The van der Waals surface area contributed by atoms with Gasteiger partial charge in [-0.05, 0) is 29.7 Å². The monoisotopic (exact) mass is 330 g/mol. The zero-order valence-electron chi connectivity index (χ0n) is 14.0. The predicted octanol–water partition coefficient (Wildman–Crippen LogP) is 2.60. The fraction of sp³-hybridized carbons (Fsp3) is 0.100. The van der Waals surface area contributed by atoms with Crippen molar-refractivity contribution in [3.8, 4) is 22.4 Å². The van der Waals surface area contributed by atoms with Crippen LogP contribution in [0, 0.1) is 0 Å². The number of nitrogens with zero attached hydrogens (tertiary/aromatic N) is 2. The molecular formula is C20H20N5+. The quantitative estimate of drug-likeness (QED) is 0.647. The van der Waals surface area contributed by atoms with Crippen LogP contribution in [0.2, 0.25) is 0 Å². The lowest BCUT2D eigenvalue weighted by Gasteiger charge is -2.14. The van der Waals surface area contributed by atoms with Crippen molar-refractivity contribution >= 4 is 5.96 Å². The molecule has 0 spiro atoms. The molecule has 0 saturated heterocycles. The van der Waals surface area contributed by atoms with E-state index in [-0.39, 0.29) is 0 Å². The van der Waals surface area contributed by atoms with Crippen molar-refractivity contribution in [3.63, 3.8) is 0 Å². The molecule has 0 amide bonds. The molecule has 3 aromatic rings. The molecule has 124 valence electrons. The number of benzene rings is 2. The van der Waals surface area contributed by atoms with Gasteiger partial charge in [0.15, 0.2) is 0 Å². The first-order valence-electron chi connectivity index (χ1n) is 8.40. The summed E-state index contributed by atoms with van der Waals surface area (Å²) in [5, 5.41) is 4.31. The van der Waals surface area contributed by atoms with Crippen LogP contribution in [-0.2, 0) is 6.42 Å². The van der Waals surface area contributed by atoms with E-state index in [1.54, 1.807) is 0 Å². The molecule has 0 saturated carbocycles. The average Bonchev–Trinajstić information content (AvgIpc) is 3.22. The van der Waals surface area contributed by atoms with Crippen LogP contribution in [0.3, 0.4) is 0 Å². The summed E-state index contributed by atoms with van der Waals surface area (Å²) in [6.45, 7) is 2.16. The molecule has 2 heterocycles. The molecule has 4 rings (SSSR count). The molecule has 3 N–H and O–H groups in total. The zero-order valence-corrected chi connectivity index (χ0v) is 14.0. The van der Waals surface area contributed by atoms with Crippen LogP contribution in [0.25, 0.3) is 22.4 Å². The highest BCUT2D eigenvalue weighted by molar-refractivity contribution is 5.76. The first-order chi connectivity index (χ1) is 12.4. The summed E-state index contributed by atoms with van der Waals surface area (Å²) in [4.78, 5) is 0. The molecule has 1 aromatic heterocycles. The number of aryl methyl sites for hydroxylation is 1. The summed E-state index contributed by atoms with van der Waals surface area (Å²) < 4.78 is 2.15. The molecule has 1 aliphatic rings. The maximum absolute atomic E-state index is 4.31. The Morgan fingerprint density at radius 2 is 1.52 bits per heavy atom. The van der Waals surface area contributed by atoms with Gasteiger partial charge in [-0.1, -0.05) is 73.1 Å². The van der Waals surface area contributed by atoms with Crippen LogP contribution in [0.4, 0.5) is 0 Å². The van der Waals surface area contributed by atoms with E-state index in [2.05, 4.69) is 93.8 Å². The third kappa shape index (κ3) is 2.97. The highest BCUT2D eigenvalue weighted by atomic mass is 15.8. The number of aromatic nitrogens is 1. The molecule has 25 heavy (non-hydrogen) atoms. The van der Waals surface area contributed by atoms with E-state index in [0.717, 1.165) is 23.6 Å². The maximum atomic E-state index is 4.31. The van der Waals surface area contributed by atoms with Crippen LogP contribution < -0.4 is 21.1 Å². The van der Waals surface area contributed by atoms with E-state index in [1.165, 1.54) is 16.8 Å². The first-order valence-corrected chi connectivity index (χ1v) is 8.40. The Kier molecular flexibility index (Phi) is 4.14. The molecule has 5 nitrogen and oxygen atoms in total. The highest BCUT2D eigenvalue weighted by Crippen LogP contribution is 2.25. The van der Waals surface area contributed by atoms with E-state index < -0.39 is 0 Å². The summed E-state index contributed by atoms with van der Waals surface area (Å²) in [7, 11) is 0. The van der Waals surface area contributed by atoms with Crippen LogP contribution in [0.5, 0.6) is 0 Å². The Bertz CT molecular complexity index is 904. The summed E-state index contributed by atoms with van der Waals surface area (Å²) in [6.07, 6.45) is 0.890. The summed E-state index contributed by atoms with van der Waals surface area (Å²) in [6, 6.07) is 25.3. The number of hydrazone groups is 1. The number of hydrazine groups is 2. The molecule has 0 fully saturated rings. The first kappa shape index (κ1) is 15.4. The SMILES string of the molecule is CCc1cc(-c2ccccc2)cc(-c2ccccc2)[n+]1C1=NNNN1. The molecule has 0 radical (unpaired) electrons. The number of hydrogen-bond acceptors (Lipinski definition) is 4. The molecule has 0 bridgehead atoms. The Hall–Kier alpha value is -3.18. The van der Waals surface area contributed by atoms with Gasteiger partial charge in [-0.3, -0.25) is 0 Å². The molecule has 0 aliphatic carbocycles. The largest absolute Gasteiger partial charge is 0.437 e. The standard InChI is InChI=1S/C20H20N5/c1-2-18-13-17(15-9-5-3-6-10-15)14-19(16-11-7-4-8-12-16)25(18)20-21-23-24-22-20/h3-14,23-24H,2H2,1H3,(H,21,22)/q+1. The third-order valence-electron chi connectivity index (χ3n) is 4.29. The van der Waals surface area contributed by atoms with Crippen LogP contribution in [0.1, 0.15) is 12.6 Å². The normalized spacial score (nSPS) is 13.1. The van der Waals surface area contributed by atoms with E-state index in [0.29, 0.717) is 0 Å². The van der Waals surface area contributed by atoms with E-state index in [1.807, 2.05) is 12.1 Å². The van der Waals surface area contributed by atoms with E-state index in [9.17, 15) is 0 Å². The topological polar surface area (TPSA) is 52.3 Å². The number of rotatable bonds is 3. The second-order valence-corrected chi connectivity index (χ2v) is 5.84. The number of hydrogen-bond donors (Lipinski definition) is 3. The van der Waals surface area contributed by atoms with Gasteiger partial charge < -0.3 is 0 Å². The van der Waals surface area contributed by atoms with Gasteiger partial charge in [0.1, 0.15) is 5.69 Å². The maximum Gasteiger partial charge on any atom is 0.437 e. The van der Waals surface area contributed by atoms with Crippen molar-refractivity contribution in [1.82, 2.24) is 16.5 Å². The van der Waals surface area contributed by atoms with Gasteiger partial charge in [-0.25, -0.2) is 0 Å². The number of nitrogens with one attached hydrogen (secondary N) is 3. The Morgan fingerprint density at radius 1 is 0.840 bits per heavy atom. The Morgan fingerprint density at radius 3 is 2.12 bits per heavy atom. The zero-order chi connectivity index (χ0) is 17.1. The second-order valence-electron chi connectivity index (χ2n) is 5.84. The van der Waals surface area contributed by atoms with Gasteiger partial charge in [0, 0.05) is 10.7 Å². The minimum atomic E-state index is 0.732. The second kappa shape index (κ2) is 6.75. The van der Waals surface area contributed by atoms with Gasteiger partial charge >= 0.3 is 5.96 Å². The lowest BCUT2D eigenvalue weighted by Crippen LogP contribution is -2.56. The van der Waals surface area contributed by atoms with Crippen molar-refractivity contribution in [2.45, 2.75) is 13.3 Å². The minimum Gasteiger partial charge on any atom is -0.196 e. The molecule has 1 aliphatic heterocycles.